The number of carbonyl (C=O) groups excluding carboxylic acids is 1. The minimum atomic E-state index is -0.475. The molecule has 3 N–H and O–H groups in total. The van der Waals surface area contributed by atoms with Crippen molar-refractivity contribution in [3.05, 3.63) is 0 Å². The van der Waals surface area contributed by atoms with Crippen LogP contribution in [-0.2, 0) is 4.79 Å². The summed E-state index contributed by atoms with van der Waals surface area (Å²) in [5, 5.41) is 9.06. The normalized spacial score (nSPS) is 19.7. The Bertz CT molecular complexity index is 215. The largest absolute Gasteiger partial charge is 0.395 e. The minimum Gasteiger partial charge on any atom is -0.395 e. The highest BCUT2D eigenvalue weighted by atomic mass is 16.3. The quantitative estimate of drug-likeness (QED) is 0.553. The number of aliphatic hydroxyl groups is 1. The summed E-state index contributed by atoms with van der Waals surface area (Å²) in [6.07, 6.45) is 4.78. The first-order valence-corrected chi connectivity index (χ1v) is 5.85. The van der Waals surface area contributed by atoms with Crippen LogP contribution in [0.1, 0.15) is 46.0 Å². The average molecular weight is 214 g/mol. The Morgan fingerprint density at radius 2 is 2.13 bits per heavy atom. The number of rotatable bonds is 7. The van der Waals surface area contributed by atoms with Gasteiger partial charge in [0, 0.05) is 6.04 Å². The predicted octanol–water partition coefficient (Wildman–Crippen LogP) is 0.958. The first-order chi connectivity index (χ1) is 7.18. The van der Waals surface area contributed by atoms with Crippen molar-refractivity contribution in [2.24, 2.45) is 5.41 Å². The predicted molar refractivity (Wildman–Crippen MR) is 59.0 cm³/mol. The third-order valence-electron chi connectivity index (χ3n) is 3.16. The maximum atomic E-state index is 11.6. The van der Waals surface area contributed by atoms with Crippen molar-refractivity contribution >= 4 is 5.91 Å². The van der Waals surface area contributed by atoms with Crippen LogP contribution in [0.4, 0.5) is 0 Å². The Hall–Kier alpha value is -0.610. The van der Waals surface area contributed by atoms with Crippen molar-refractivity contribution in [2.45, 2.75) is 52.0 Å². The lowest BCUT2D eigenvalue weighted by Crippen LogP contribution is -2.47. The molecule has 0 bridgehead atoms. The monoisotopic (exact) mass is 214 g/mol. The second-order valence-corrected chi connectivity index (χ2v) is 4.43. The molecule has 88 valence electrons. The molecular formula is C11H22N2O2. The van der Waals surface area contributed by atoms with Crippen LogP contribution >= 0.6 is 0 Å². The number of carbonyl (C=O) groups is 1. The lowest BCUT2D eigenvalue weighted by atomic mass is 10.1. The van der Waals surface area contributed by atoms with Gasteiger partial charge in [0.15, 0.2) is 0 Å². The molecule has 0 spiro atoms. The van der Waals surface area contributed by atoms with Gasteiger partial charge in [0.05, 0.1) is 12.0 Å². The van der Waals surface area contributed by atoms with Crippen LogP contribution in [0.2, 0.25) is 0 Å². The van der Waals surface area contributed by atoms with E-state index in [1.165, 1.54) is 0 Å². The van der Waals surface area contributed by atoms with Crippen LogP contribution in [0.15, 0.2) is 0 Å². The highest BCUT2D eigenvalue weighted by Crippen LogP contribution is 2.44. The fraction of sp³-hybridized carbons (Fsp3) is 0.909. The van der Waals surface area contributed by atoms with Crippen LogP contribution in [0.5, 0.6) is 0 Å². The van der Waals surface area contributed by atoms with Gasteiger partial charge in [-0.15, -0.1) is 0 Å². The van der Waals surface area contributed by atoms with Gasteiger partial charge in [0.2, 0.25) is 5.91 Å². The number of hydrazine groups is 1. The van der Waals surface area contributed by atoms with E-state index < -0.39 is 5.41 Å². The van der Waals surface area contributed by atoms with E-state index >= 15 is 0 Å². The highest BCUT2D eigenvalue weighted by molar-refractivity contribution is 5.84. The van der Waals surface area contributed by atoms with Crippen molar-refractivity contribution in [1.29, 1.82) is 0 Å². The Labute approximate surface area is 91.4 Å². The van der Waals surface area contributed by atoms with Crippen LogP contribution in [0, 0.1) is 5.41 Å². The molecule has 0 aromatic heterocycles. The van der Waals surface area contributed by atoms with Gasteiger partial charge in [-0.25, -0.2) is 5.43 Å². The molecule has 1 aliphatic rings. The van der Waals surface area contributed by atoms with Crippen LogP contribution < -0.4 is 10.9 Å². The molecule has 0 saturated heterocycles. The summed E-state index contributed by atoms with van der Waals surface area (Å²) in [5.41, 5.74) is 5.29. The van der Waals surface area contributed by atoms with Crippen LogP contribution in [-0.4, -0.2) is 23.7 Å². The van der Waals surface area contributed by atoms with Crippen molar-refractivity contribution in [2.75, 3.05) is 6.61 Å². The summed E-state index contributed by atoms with van der Waals surface area (Å²) in [5.74, 6) is -0.0560. The summed E-state index contributed by atoms with van der Waals surface area (Å²) in [4.78, 5) is 11.6. The molecule has 0 radical (unpaired) electrons. The molecule has 1 amide bonds. The smallest absolute Gasteiger partial charge is 0.242 e. The molecule has 15 heavy (non-hydrogen) atoms. The Morgan fingerprint density at radius 1 is 1.47 bits per heavy atom. The molecular weight excluding hydrogens is 192 g/mol. The molecule has 0 aliphatic heterocycles. The molecule has 0 heterocycles. The van der Waals surface area contributed by atoms with E-state index in [2.05, 4.69) is 24.7 Å². The first kappa shape index (κ1) is 12.5. The molecule has 4 nitrogen and oxygen atoms in total. The summed E-state index contributed by atoms with van der Waals surface area (Å²) < 4.78 is 0. The highest BCUT2D eigenvalue weighted by Gasteiger charge is 2.49. The standard InChI is InChI=1S/C11H22N2O2/c1-3-5-9(4-2)12-13-10(15)11(8-14)6-7-11/h9,12,14H,3-8H2,1-2H3,(H,13,15). The zero-order valence-electron chi connectivity index (χ0n) is 9.68. The number of aliphatic hydroxyl groups excluding tert-OH is 1. The minimum absolute atomic E-state index is 0.0366. The SMILES string of the molecule is CCCC(CC)NNC(=O)C1(CO)CC1. The second kappa shape index (κ2) is 5.47. The van der Waals surface area contributed by atoms with E-state index in [1.807, 2.05) is 0 Å². The summed E-state index contributed by atoms with van der Waals surface area (Å²) in [6, 6.07) is 0.341. The third kappa shape index (κ3) is 3.18. The number of nitrogens with one attached hydrogen (secondary N) is 2. The summed E-state index contributed by atoms with van der Waals surface area (Å²) >= 11 is 0. The maximum Gasteiger partial charge on any atom is 0.242 e. The zero-order chi connectivity index (χ0) is 11.3. The van der Waals surface area contributed by atoms with Gasteiger partial charge in [0.1, 0.15) is 0 Å². The third-order valence-corrected chi connectivity index (χ3v) is 3.16. The number of amides is 1. The molecule has 1 atom stereocenters. The Morgan fingerprint density at radius 3 is 2.53 bits per heavy atom. The van der Waals surface area contributed by atoms with Crippen LogP contribution in [0.25, 0.3) is 0 Å². The van der Waals surface area contributed by atoms with Gasteiger partial charge in [-0.2, -0.15) is 0 Å². The fourth-order valence-corrected chi connectivity index (χ4v) is 1.63. The zero-order valence-corrected chi connectivity index (χ0v) is 9.68. The Kier molecular flexibility index (Phi) is 4.54. The van der Waals surface area contributed by atoms with Gasteiger partial charge in [-0.05, 0) is 25.7 Å². The fourth-order valence-electron chi connectivity index (χ4n) is 1.63. The molecule has 4 heteroatoms. The van der Waals surface area contributed by atoms with E-state index in [4.69, 9.17) is 5.11 Å². The number of hydrogen-bond donors (Lipinski definition) is 3. The molecule has 1 fully saturated rings. The van der Waals surface area contributed by atoms with E-state index in [1.54, 1.807) is 0 Å². The summed E-state index contributed by atoms with van der Waals surface area (Å²) in [7, 11) is 0. The molecule has 1 aliphatic carbocycles. The molecule has 1 unspecified atom stereocenters. The van der Waals surface area contributed by atoms with Gasteiger partial charge >= 0.3 is 0 Å². The van der Waals surface area contributed by atoms with Gasteiger partial charge in [-0.1, -0.05) is 20.3 Å². The number of hydrogen-bond acceptors (Lipinski definition) is 3. The maximum absolute atomic E-state index is 11.6. The van der Waals surface area contributed by atoms with E-state index in [9.17, 15) is 4.79 Å². The molecule has 1 rings (SSSR count). The van der Waals surface area contributed by atoms with Crippen molar-refractivity contribution in [3.63, 3.8) is 0 Å². The van der Waals surface area contributed by atoms with Crippen molar-refractivity contribution in [1.82, 2.24) is 10.9 Å². The van der Waals surface area contributed by atoms with Crippen molar-refractivity contribution in [3.8, 4) is 0 Å². The van der Waals surface area contributed by atoms with E-state index in [-0.39, 0.29) is 12.5 Å². The van der Waals surface area contributed by atoms with E-state index in [0.717, 1.165) is 32.1 Å². The van der Waals surface area contributed by atoms with Gasteiger partial charge in [0.25, 0.3) is 0 Å². The Balaban J connectivity index is 2.26. The van der Waals surface area contributed by atoms with Gasteiger partial charge < -0.3 is 5.11 Å². The van der Waals surface area contributed by atoms with Crippen LogP contribution in [0.3, 0.4) is 0 Å². The van der Waals surface area contributed by atoms with E-state index in [0.29, 0.717) is 6.04 Å². The first-order valence-electron chi connectivity index (χ1n) is 5.85. The molecule has 0 aromatic rings. The lowest BCUT2D eigenvalue weighted by molar-refractivity contribution is -0.129. The summed E-state index contributed by atoms with van der Waals surface area (Å²) in [6.45, 7) is 4.19. The molecule has 1 saturated carbocycles. The second-order valence-electron chi connectivity index (χ2n) is 4.43. The van der Waals surface area contributed by atoms with Crippen molar-refractivity contribution < 1.29 is 9.90 Å². The lowest BCUT2D eigenvalue weighted by Gasteiger charge is -2.19. The topological polar surface area (TPSA) is 61.4 Å². The van der Waals surface area contributed by atoms with Gasteiger partial charge in [-0.3, -0.25) is 10.2 Å². The average Bonchev–Trinajstić information content (AvgIpc) is 3.04. The molecule has 0 aromatic carbocycles.